The molecule has 0 saturated heterocycles. The van der Waals surface area contributed by atoms with Crippen LogP contribution in [-0.2, 0) is 11.3 Å². The number of benzene rings is 1. The van der Waals surface area contributed by atoms with Crippen LogP contribution in [0, 0.1) is 0 Å². The van der Waals surface area contributed by atoms with Crippen LogP contribution in [0.1, 0.15) is 25.3 Å². The highest BCUT2D eigenvalue weighted by molar-refractivity contribution is 5.67. The van der Waals surface area contributed by atoms with E-state index in [1.807, 2.05) is 37.3 Å². The minimum absolute atomic E-state index is 0.0915. The lowest BCUT2D eigenvalue weighted by Crippen LogP contribution is -2.40. The van der Waals surface area contributed by atoms with Crippen LogP contribution in [0.25, 0.3) is 0 Å². The molecule has 0 spiro atoms. The lowest BCUT2D eigenvalue weighted by atomic mass is 10.2. The van der Waals surface area contributed by atoms with E-state index in [0.717, 1.165) is 12.1 Å². The van der Waals surface area contributed by atoms with Gasteiger partial charge in [0.25, 0.3) is 0 Å². The fraction of sp³-hybridized carbons (Fsp3) is 0.500. The van der Waals surface area contributed by atoms with E-state index in [2.05, 4.69) is 10.6 Å². The van der Waals surface area contributed by atoms with Crippen LogP contribution in [0.2, 0.25) is 0 Å². The molecule has 0 bridgehead atoms. The van der Waals surface area contributed by atoms with Crippen molar-refractivity contribution in [2.75, 3.05) is 6.54 Å². The third-order valence-corrected chi connectivity index (χ3v) is 2.87. The second kappa shape index (κ2) is 6.40. The van der Waals surface area contributed by atoms with E-state index in [1.54, 1.807) is 0 Å². The van der Waals surface area contributed by atoms with E-state index >= 15 is 0 Å². The van der Waals surface area contributed by atoms with Crippen LogP contribution in [0.5, 0.6) is 0 Å². The Kier molecular flexibility index (Phi) is 4.59. The lowest BCUT2D eigenvalue weighted by molar-refractivity contribution is 0.136. The molecule has 0 aromatic heterocycles. The SMILES string of the molecule is CC(CNC1CC1)NC(=O)OCc1ccccc1. The average Bonchev–Trinajstić information content (AvgIpc) is 3.19. The van der Waals surface area contributed by atoms with Crippen molar-refractivity contribution in [3.63, 3.8) is 0 Å². The van der Waals surface area contributed by atoms with Gasteiger partial charge in [0.2, 0.25) is 0 Å². The van der Waals surface area contributed by atoms with E-state index in [9.17, 15) is 4.79 Å². The zero-order valence-corrected chi connectivity index (χ0v) is 10.7. The number of amides is 1. The molecular formula is C14H20N2O2. The molecule has 1 fully saturated rings. The van der Waals surface area contributed by atoms with Crippen LogP contribution in [-0.4, -0.2) is 24.7 Å². The Bertz CT molecular complexity index is 377. The molecule has 1 aliphatic carbocycles. The summed E-state index contributed by atoms with van der Waals surface area (Å²) >= 11 is 0. The summed E-state index contributed by atoms with van der Waals surface area (Å²) in [6.45, 7) is 3.08. The quantitative estimate of drug-likeness (QED) is 0.810. The first-order chi connectivity index (χ1) is 8.74. The maximum Gasteiger partial charge on any atom is 0.407 e. The summed E-state index contributed by atoms with van der Waals surface area (Å²) in [6, 6.07) is 10.4. The van der Waals surface area contributed by atoms with Crippen molar-refractivity contribution in [2.24, 2.45) is 0 Å². The van der Waals surface area contributed by atoms with Crippen molar-refractivity contribution in [3.8, 4) is 0 Å². The van der Waals surface area contributed by atoms with E-state index in [-0.39, 0.29) is 12.1 Å². The van der Waals surface area contributed by atoms with Crippen LogP contribution in [0.15, 0.2) is 30.3 Å². The first-order valence-electron chi connectivity index (χ1n) is 6.44. The predicted molar refractivity (Wildman–Crippen MR) is 70.2 cm³/mol. The van der Waals surface area contributed by atoms with Crippen molar-refractivity contribution in [1.29, 1.82) is 0 Å². The third kappa shape index (κ3) is 4.75. The van der Waals surface area contributed by atoms with E-state index in [0.29, 0.717) is 12.6 Å². The second-order valence-corrected chi connectivity index (χ2v) is 4.79. The zero-order valence-electron chi connectivity index (χ0n) is 10.7. The van der Waals surface area contributed by atoms with Gasteiger partial charge in [-0.2, -0.15) is 0 Å². The molecule has 1 amide bonds. The average molecular weight is 248 g/mol. The molecule has 1 aromatic carbocycles. The molecule has 2 N–H and O–H groups in total. The Balaban J connectivity index is 1.61. The molecule has 0 aliphatic heterocycles. The first-order valence-corrected chi connectivity index (χ1v) is 6.44. The van der Waals surface area contributed by atoms with Gasteiger partial charge in [0.1, 0.15) is 6.61 Å². The molecule has 18 heavy (non-hydrogen) atoms. The number of carbonyl (C=O) groups excluding carboxylic acids is 1. The molecular weight excluding hydrogens is 228 g/mol. The van der Waals surface area contributed by atoms with E-state index in [4.69, 9.17) is 4.74 Å². The van der Waals surface area contributed by atoms with Crippen LogP contribution in [0.3, 0.4) is 0 Å². The molecule has 1 saturated carbocycles. The van der Waals surface area contributed by atoms with Crippen LogP contribution >= 0.6 is 0 Å². The minimum atomic E-state index is -0.357. The second-order valence-electron chi connectivity index (χ2n) is 4.79. The van der Waals surface area contributed by atoms with Gasteiger partial charge < -0.3 is 15.4 Å². The lowest BCUT2D eigenvalue weighted by Gasteiger charge is -2.14. The Labute approximate surface area is 108 Å². The predicted octanol–water partition coefficient (Wildman–Crippen LogP) is 2.05. The summed E-state index contributed by atoms with van der Waals surface area (Å²) < 4.78 is 5.14. The summed E-state index contributed by atoms with van der Waals surface area (Å²) in [5, 5.41) is 6.17. The van der Waals surface area contributed by atoms with Gasteiger partial charge in [-0.15, -0.1) is 0 Å². The van der Waals surface area contributed by atoms with Gasteiger partial charge in [0.05, 0.1) is 0 Å². The summed E-state index contributed by atoms with van der Waals surface area (Å²) in [5.41, 5.74) is 0.997. The largest absolute Gasteiger partial charge is 0.445 e. The Morgan fingerprint density at radius 2 is 2.11 bits per heavy atom. The molecule has 4 nitrogen and oxygen atoms in total. The molecule has 0 heterocycles. The summed E-state index contributed by atoms with van der Waals surface area (Å²) in [5.74, 6) is 0. The van der Waals surface area contributed by atoms with Gasteiger partial charge in [0.15, 0.2) is 0 Å². The fourth-order valence-corrected chi connectivity index (χ4v) is 1.65. The summed E-state index contributed by atoms with van der Waals surface area (Å²) in [4.78, 5) is 11.5. The standard InChI is InChI=1S/C14H20N2O2/c1-11(9-15-13-7-8-13)16-14(17)18-10-12-5-3-2-4-6-12/h2-6,11,13,15H,7-10H2,1H3,(H,16,17). The van der Waals surface area contributed by atoms with Crippen LogP contribution in [0.4, 0.5) is 4.79 Å². The zero-order chi connectivity index (χ0) is 12.8. The maximum absolute atomic E-state index is 11.5. The smallest absolute Gasteiger partial charge is 0.407 e. The van der Waals surface area contributed by atoms with Crippen molar-refractivity contribution < 1.29 is 9.53 Å². The topological polar surface area (TPSA) is 50.4 Å². The molecule has 1 unspecified atom stereocenters. The van der Waals surface area contributed by atoms with Gasteiger partial charge in [-0.3, -0.25) is 0 Å². The first kappa shape index (κ1) is 12.9. The normalized spacial score (nSPS) is 16.1. The maximum atomic E-state index is 11.5. The number of nitrogens with one attached hydrogen (secondary N) is 2. The van der Waals surface area contributed by atoms with Crippen molar-refractivity contribution in [1.82, 2.24) is 10.6 Å². The van der Waals surface area contributed by atoms with Gasteiger partial charge in [-0.05, 0) is 25.3 Å². The molecule has 1 aromatic rings. The Hall–Kier alpha value is -1.55. The van der Waals surface area contributed by atoms with Gasteiger partial charge in [0, 0.05) is 18.6 Å². The van der Waals surface area contributed by atoms with Crippen LogP contribution < -0.4 is 10.6 Å². The molecule has 1 aliphatic rings. The van der Waals surface area contributed by atoms with E-state index < -0.39 is 0 Å². The van der Waals surface area contributed by atoms with Crippen molar-refractivity contribution in [3.05, 3.63) is 35.9 Å². The number of alkyl carbamates (subject to hydrolysis) is 1. The third-order valence-electron chi connectivity index (χ3n) is 2.87. The number of rotatable bonds is 6. The van der Waals surface area contributed by atoms with E-state index in [1.165, 1.54) is 12.8 Å². The number of ether oxygens (including phenoxy) is 1. The Morgan fingerprint density at radius 1 is 1.39 bits per heavy atom. The molecule has 1 atom stereocenters. The number of hydrogen-bond acceptors (Lipinski definition) is 3. The minimum Gasteiger partial charge on any atom is -0.445 e. The van der Waals surface area contributed by atoms with Gasteiger partial charge >= 0.3 is 6.09 Å². The molecule has 0 radical (unpaired) electrons. The fourth-order valence-electron chi connectivity index (χ4n) is 1.65. The Morgan fingerprint density at radius 3 is 2.78 bits per heavy atom. The van der Waals surface area contributed by atoms with Crippen molar-refractivity contribution in [2.45, 2.75) is 38.5 Å². The highest BCUT2D eigenvalue weighted by Crippen LogP contribution is 2.18. The molecule has 98 valence electrons. The molecule has 2 rings (SSSR count). The highest BCUT2D eigenvalue weighted by atomic mass is 16.5. The van der Waals surface area contributed by atoms with Gasteiger partial charge in [-0.25, -0.2) is 4.79 Å². The highest BCUT2D eigenvalue weighted by Gasteiger charge is 2.21. The molecule has 4 heteroatoms. The van der Waals surface area contributed by atoms with Crippen molar-refractivity contribution >= 4 is 6.09 Å². The van der Waals surface area contributed by atoms with Gasteiger partial charge in [-0.1, -0.05) is 30.3 Å². The number of carbonyl (C=O) groups is 1. The monoisotopic (exact) mass is 248 g/mol. The summed E-state index contributed by atoms with van der Waals surface area (Å²) in [6.07, 6.45) is 2.15. The summed E-state index contributed by atoms with van der Waals surface area (Å²) in [7, 11) is 0. The number of hydrogen-bond donors (Lipinski definition) is 2.